The van der Waals surface area contributed by atoms with E-state index in [9.17, 15) is 9.59 Å². The van der Waals surface area contributed by atoms with Crippen molar-refractivity contribution >= 4 is 40.7 Å². The summed E-state index contributed by atoms with van der Waals surface area (Å²) < 4.78 is 6.73. The number of hydrogen-bond acceptors (Lipinski definition) is 3. The SMILES string of the molecule is CC(C)c1cccc(C(=O)N(C)C)c1OC1(Cc2cccc(Cl)c2)C(=O)Nc2cc(Cl)ccc21. The fourth-order valence-corrected chi connectivity index (χ4v) is 4.66. The number of nitrogens with zero attached hydrogens (tertiary/aromatic N) is 1. The molecule has 1 N–H and O–H groups in total. The molecule has 1 heterocycles. The maximum absolute atomic E-state index is 13.6. The molecule has 0 aromatic heterocycles. The lowest BCUT2D eigenvalue weighted by Gasteiger charge is -2.32. The summed E-state index contributed by atoms with van der Waals surface area (Å²) in [6, 6.07) is 18.1. The Morgan fingerprint density at radius 3 is 2.41 bits per heavy atom. The summed E-state index contributed by atoms with van der Waals surface area (Å²) in [5.41, 5.74) is 1.89. The lowest BCUT2D eigenvalue weighted by atomic mass is 9.87. The minimum absolute atomic E-state index is 0.0577. The highest BCUT2D eigenvalue weighted by atomic mass is 35.5. The Hall–Kier alpha value is -3.02. The third kappa shape index (κ3) is 4.38. The standard InChI is InChI=1S/C27H26Cl2N2O3/c1-16(2)20-9-6-10-21(25(32)31(3)4)24(20)34-27(15-17-7-5-8-18(28)13-17)22-12-11-19(29)14-23(22)30-26(27)33/h5-14,16H,15H2,1-4H3,(H,30,33). The van der Waals surface area contributed by atoms with Crippen molar-refractivity contribution in [2.75, 3.05) is 19.4 Å². The van der Waals surface area contributed by atoms with Gasteiger partial charge in [-0.25, -0.2) is 0 Å². The summed E-state index contributed by atoms with van der Waals surface area (Å²) in [5, 5.41) is 3.99. The number of fused-ring (bicyclic) bond motifs is 1. The molecule has 0 spiro atoms. The van der Waals surface area contributed by atoms with Crippen molar-refractivity contribution < 1.29 is 14.3 Å². The molecule has 7 heteroatoms. The van der Waals surface area contributed by atoms with Crippen molar-refractivity contribution in [3.8, 4) is 5.75 Å². The van der Waals surface area contributed by atoms with Gasteiger partial charge in [-0.1, -0.05) is 67.4 Å². The van der Waals surface area contributed by atoms with Crippen LogP contribution in [0.15, 0.2) is 60.7 Å². The molecular formula is C27H26Cl2N2O3. The van der Waals surface area contributed by atoms with Crippen molar-refractivity contribution in [3.63, 3.8) is 0 Å². The van der Waals surface area contributed by atoms with Gasteiger partial charge in [-0.3, -0.25) is 9.59 Å². The number of para-hydroxylation sites is 1. The predicted octanol–water partition coefficient (Wildman–Crippen LogP) is 6.29. The first-order valence-electron chi connectivity index (χ1n) is 11.0. The number of nitrogens with one attached hydrogen (secondary N) is 1. The number of benzene rings is 3. The highest BCUT2D eigenvalue weighted by molar-refractivity contribution is 6.31. The zero-order chi connectivity index (χ0) is 24.6. The van der Waals surface area contributed by atoms with Gasteiger partial charge >= 0.3 is 0 Å². The number of hydrogen-bond donors (Lipinski definition) is 1. The molecule has 3 aromatic carbocycles. The summed E-state index contributed by atoms with van der Waals surface area (Å²) in [4.78, 5) is 28.2. The Morgan fingerprint density at radius 2 is 1.74 bits per heavy atom. The molecule has 34 heavy (non-hydrogen) atoms. The minimum Gasteiger partial charge on any atom is -0.471 e. The number of carbonyl (C=O) groups excluding carboxylic acids is 2. The first kappa shape index (κ1) is 24.1. The molecule has 1 aliphatic heterocycles. The van der Waals surface area contributed by atoms with E-state index < -0.39 is 5.60 Å². The minimum atomic E-state index is -1.42. The van der Waals surface area contributed by atoms with Crippen LogP contribution < -0.4 is 10.1 Å². The molecule has 0 saturated heterocycles. The van der Waals surface area contributed by atoms with Crippen LogP contribution in [-0.2, 0) is 16.8 Å². The van der Waals surface area contributed by atoms with Crippen molar-refractivity contribution in [3.05, 3.63) is 93.0 Å². The van der Waals surface area contributed by atoms with Crippen LogP contribution in [-0.4, -0.2) is 30.8 Å². The highest BCUT2D eigenvalue weighted by Gasteiger charge is 2.50. The van der Waals surface area contributed by atoms with Gasteiger partial charge in [-0.15, -0.1) is 0 Å². The zero-order valence-corrected chi connectivity index (χ0v) is 21.0. The van der Waals surface area contributed by atoms with Crippen LogP contribution in [0.25, 0.3) is 0 Å². The van der Waals surface area contributed by atoms with E-state index in [1.54, 1.807) is 44.4 Å². The van der Waals surface area contributed by atoms with E-state index in [0.717, 1.165) is 11.1 Å². The quantitative estimate of drug-likeness (QED) is 0.436. The topological polar surface area (TPSA) is 58.6 Å². The molecule has 0 saturated carbocycles. The third-order valence-corrected chi connectivity index (χ3v) is 6.42. The Kier molecular flexibility index (Phi) is 6.61. The predicted molar refractivity (Wildman–Crippen MR) is 136 cm³/mol. The Balaban J connectivity index is 1.94. The van der Waals surface area contributed by atoms with Gasteiger partial charge in [0.2, 0.25) is 5.60 Å². The van der Waals surface area contributed by atoms with E-state index in [4.69, 9.17) is 27.9 Å². The molecule has 5 nitrogen and oxygen atoms in total. The van der Waals surface area contributed by atoms with Crippen LogP contribution in [0.1, 0.15) is 46.8 Å². The molecule has 0 fully saturated rings. The fraction of sp³-hybridized carbons (Fsp3) is 0.259. The highest BCUT2D eigenvalue weighted by Crippen LogP contribution is 2.45. The smallest absolute Gasteiger partial charge is 0.273 e. The Morgan fingerprint density at radius 1 is 1.03 bits per heavy atom. The van der Waals surface area contributed by atoms with E-state index in [2.05, 4.69) is 5.32 Å². The summed E-state index contributed by atoms with van der Waals surface area (Å²) in [5.74, 6) is -0.0739. The van der Waals surface area contributed by atoms with Gasteiger partial charge in [0, 0.05) is 36.1 Å². The Bertz CT molecular complexity index is 1270. The molecule has 1 unspecified atom stereocenters. The molecule has 176 valence electrons. The number of carbonyl (C=O) groups is 2. The van der Waals surface area contributed by atoms with E-state index in [1.165, 1.54) is 4.90 Å². The van der Waals surface area contributed by atoms with Crippen molar-refractivity contribution in [1.82, 2.24) is 4.90 Å². The molecule has 0 bridgehead atoms. The van der Waals surface area contributed by atoms with Gasteiger partial charge in [-0.2, -0.15) is 0 Å². The van der Waals surface area contributed by atoms with Crippen LogP contribution in [0.2, 0.25) is 10.0 Å². The zero-order valence-electron chi connectivity index (χ0n) is 19.5. The van der Waals surface area contributed by atoms with Crippen LogP contribution >= 0.6 is 23.2 Å². The summed E-state index contributed by atoms with van der Waals surface area (Å²) in [7, 11) is 3.38. The van der Waals surface area contributed by atoms with E-state index in [1.807, 2.05) is 44.2 Å². The second-order valence-electron chi connectivity index (χ2n) is 8.96. The second-order valence-corrected chi connectivity index (χ2v) is 9.83. The lowest BCUT2D eigenvalue weighted by Crippen LogP contribution is -2.43. The van der Waals surface area contributed by atoms with Crippen LogP contribution in [0, 0.1) is 0 Å². The van der Waals surface area contributed by atoms with Gasteiger partial charge in [0.15, 0.2) is 0 Å². The number of rotatable bonds is 6. The molecule has 3 aromatic rings. The van der Waals surface area contributed by atoms with E-state index >= 15 is 0 Å². The van der Waals surface area contributed by atoms with Gasteiger partial charge in [-0.05, 0) is 47.4 Å². The summed E-state index contributed by atoms with van der Waals surface area (Å²) >= 11 is 12.5. The van der Waals surface area contributed by atoms with E-state index in [-0.39, 0.29) is 24.2 Å². The number of amides is 2. The Labute approximate surface area is 209 Å². The van der Waals surface area contributed by atoms with Crippen molar-refractivity contribution in [1.29, 1.82) is 0 Å². The maximum Gasteiger partial charge on any atom is 0.273 e. The molecule has 0 aliphatic carbocycles. The van der Waals surface area contributed by atoms with E-state index in [0.29, 0.717) is 32.6 Å². The van der Waals surface area contributed by atoms with Gasteiger partial charge < -0.3 is 15.0 Å². The van der Waals surface area contributed by atoms with Crippen LogP contribution in [0.3, 0.4) is 0 Å². The van der Waals surface area contributed by atoms with Gasteiger partial charge in [0.25, 0.3) is 11.8 Å². The number of halogens is 2. The molecule has 2 amide bonds. The first-order valence-corrected chi connectivity index (χ1v) is 11.8. The molecule has 0 radical (unpaired) electrons. The normalized spacial score (nSPS) is 16.9. The average Bonchev–Trinajstić information content (AvgIpc) is 3.03. The average molecular weight is 497 g/mol. The first-order chi connectivity index (χ1) is 16.1. The molecule has 1 atom stereocenters. The van der Waals surface area contributed by atoms with Gasteiger partial charge in [0.05, 0.1) is 11.3 Å². The fourth-order valence-electron chi connectivity index (χ4n) is 4.27. The van der Waals surface area contributed by atoms with Gasteiger partial charge in [0.1, 0.15) is 5.75 Å². The maximum atomic E-state index is 13.6. The molecule has 4 rings (SSSR count). The molecular weight excluding hydrogens is 471 g/mol. The van der Waals surface area contributed by atoms with Crippen LogP contribution in [0.4, 0.5) is 5.69 Å². The monoisotopic (exact) mass is 496 g/mol. The number of anilines is 1. The lowest BCUT2D eigenvalue weighted by molar-refractivity contribution is -0.131. The second kappa shape index (κ2) is 9.32. The van der Waals surface area contributed by atoms with Crippen LogP contribution in [0.5, 0.6) is 5.75 Å². The number of ether oxygens (including phenoxy) is 1. The molecule has 1 aliphatic rings. The largest absolute Gasteiger partial charge is 0.471 e. The summed E-state index contributed by atoms with van der Waals surface area (Å²) in [6.45, 7) is 4.05. The van der Waals surface area contributed by atoms with Crippen molar-refractivity contribution in [2.45, 2.75) is 31.8 Å². The van der Waals surface area contributed by atoms with Crippen molar-refractivity contribution in [2.24, 2.45) is 0 Å². The summed E-state index contributed by atoms with van der Waals surface area (Å²) in [6.07, 6.45) is 0.218. The third-order valence-electron chi connectivity index (χ3n) is 5.95.